The monoisotopic (exact) mass is 274 g/mol. The second kappa shape index (κ2) is 4.92. The lowest BCUT2D eigenvalue weighted by Gasteiger charge is -2.04. The van der Waals surface area contributed by atoms with Gasteiger partial charge in [0.15, 0.2) is 0 Å². The van der Waals surface area contributed by atoms with E-state index >= 15 is 0 Å². The van der Waals surface area contributed by atoms with Gasteiger partial charge >= 0.3 is 0 Å². The number of aromatic nitrogens is 3. The van der Waals surface area contributed by atoms with E-state index in [0.717, 1.165) is 18.4 Å². The summed E-state index contributed by atoms with van der Waals surface area (Å²) in [7, 11) is 0. The SMILES string of the molecule is Cc1oncc1CNC(=O)c1cc(=O)[nH]c(C2CC2)n1. The van der Waals surface area contributed by atoms with E-state index in [9.17, 15) is 9.59 Å². The van der Waals surface area contributed by atoms with E-state index in [2.05, 4.69) is 20.4 Å². The van der Waals surface area contributed by atoms with Gasteiger partial charge in [0, 0.05) is 24.1 Å². The smallest absolute Gasteiger partial charge is 0.270 e. The van der Waals surface area contributed by atoms with Crippen LogP contribution < -0.4 is 10.9 Å². The van der Waals surface area contributed by atoms with Crippen LogP contribution in [0.2, 0.25) is 0 Å². The first-order chi connectivity index (χ1) is 9.63. The van der Waals surface area contributed by atoms with Crippen LogP contribution in [0.15, 0.2) is 21.6 Å². The van der Waals surface area contributed by atoms with Crippen LogP contribution in [-0.2, 0) is 6.54 Å². The van der Waals surface area contributed by atoms with Crippen LogP contribution in [-0.4, -0.2) is 21.0 Å². The van der Waals surface area contributed by atoms with Crippen molar-refractivity contribution in [3.63, 3.8) is 0 Å². The molecule has 0 unspecified atom stereocenters. The number of hydrogen-bond acceptors (Lipinski definition) is 5. The summed E-state index contributed by atoms with van der Waals surface area (Å²) in [5.74, 6) is 1.17. The molecule has 3 rings (SSSR count). The number of carbonyl (C=O) groups excluding carboxylic acids is 1. The van der Waals surface area contributed by atoms with Crippen LogP contribution in [0.4, 0.5) is 0 Å². The van der Waals surface area contributed by atoms with Gasteiger partial charge in [0.05, 0.1) is 6.20 Å². The van der Waals surface area contributed by atoms with Crippen molar-refractivity contribution in [3.05, 3.63) is 45.5 Å². The van der Waals surface area contributed by atoms with Crippen molar-refractivity contribution in [1.82, 2.24) is 20.4 Å². The van der Waals surface area contributed by atoms with Crippen molar-refractivity contribution in [2.75, 3.05) is 0 Å². The van der Waals surface area contributed by atoms with Gasteiger partial charge < -0.3 is 14.8 Å². The Morgan fingerprint density at radius 2 is 2.35 bits per heavy atom. The first-order valence-corrected chi connectivity index (χ1v) is 6.43. The molecular weight excluding hydrogens is 260 g/mol. The first kappa shape index (κ1) is 12.6. The molecule has 7 nitrogen and oxygen atoms in total. The fourth-order valence-electron chi connectivity index (χ4n) is 1.90. The van der Waals surface area contributed by atoms with Crippen molar-refractivity contribution >= 4 is 5.91 Å². The van der Waals surface area contributed by atoms with Crippen molar-refractivity contribution < 1.29 is 9.32 Å². The lowest BCUT2D eigenvalue weighted by Crippen LogP contribution is -2.26. The van der Waals surface area contributed by atoms with Gasteiger partial charge in [-0.1, -0.05) is 5.16 Å². The van der Waals surface area contributed by atoms with Crippen LogP contribution in [0.25, 0.3) is 0 Å². The van der Waals surface area contributed by atoms with Crippen molar-refractivity contribution in [1.29, 1.82) is 0 Å². The largest absolute Gasteiger partial charge is 0.361 e. The Kier molecular flexibility index (Phi) is 3.09. The minimum absolute atomic E-state index is 0.143. The van der Waals surface area contributed by atoms with Gasteiger partial charge in [0.25, 0.3) is 11.5 Å². The molecule has 2 N–H and O–H groups in total. The van der Waals surface area contributed by atoms with E-state index < -0.39 is 0 Å². The van der Waals surface area contributed by atoms with Crippen molar-refractivity contribution in [2.24, 2.45) is 0 Å². The molecule has 0 spiro atoms. The van der Waals surface area contributed by atoms with E-state index in [1.54, 1.807) is 13.1 Å². The third kappa shape index (κ3) is 2.61. The number of nitrogens with zero attached hydrogens (tertiary/aromatic N) is 2. The molecule has 7 heteroatoms. The number of aryl methyl sites for hydroxylation is 1. The van der Waals surface area contributed by atoms with Gasteiger partial charge in [-0.2, -0.15) is 0 Å². The minimum atomic E-state index is -0.376. The van der Waals surface area contributed by atoms with Crippen LogP contribution >= 0.6 is 0 Å². The number of H-pyrrole nitrogens is 1. The Balaban J connectivity index is 1.73. The molecular formula is C13H14N4O3. The molecule has 2 heterocycles. The molecule has 0 atom stereocenters. The summed E-state index contributed by atoms with van der Waals surface area (Å²) in [5, 5.41) is 6.34. The molecule has 104 valence electrons. The second-order valence-corrected chi connectivity index (χ2v) is 4.88. The second-order valence-electron chi connectivity index (χ2n) is 4.88. The van der Waals surface area contributed by atoms with Crippen molar-refractivity contribution in [2.45, 2.75) is 32.2 Å². The Morgan fingerprint density at radius 1 is 1.55 bits per heavy atom. The molecule has 0 aromatic carbocycles. The number of rotatable bonds is 4. The predicted molar refractivity (Wildman–Crippen MR) is 69.2 cm³/mol. The summed E-state index contributed by atoms with van der Waals surface area (Å²) in [4.78, 5) is 30.4. The van der Waals surface area contributed by atoms with Gasteiger partial charge in [0.1, 0.15) is 17.3 Å². The topological polar surface area (TPSA) is 101 Å². The van der Waals surface area contributed by atoms with Crippen LogP contribution in [0.5, 0.6) is 0 Å². The van der Waals surface area contributed by atoms with E-state index in [4.69, 9.17) is 4.52 Å². The van der Waals surface area contributed by atoms with E-state index in [-0.39, 0.29) is 23.1 Å². The average Bonchev–Trinajstić information content (AvgIpc) is 3.19. The number of aromatic amines is 1. The van der Waals surface area contributed by atoms with Crippen LogP contribution in [0.3, 0.4) is 0 Å². The van der Waals surface area contributed by atoms with Gasteiger partial charge in [0.2, 0.25) is 0 Å². The zero-order valence-corrected chi connectivity index (χ0v) is 11.0. The first-order valence-electron chi connectivity index (χ1n) is 6.43. The fourth-order valence-corrected chi connectivity index (χ4v) is 1.90. The summed E-state index contributed by atoms with van der Waals surface area (Å²) < 4.78 is 4.91. The number of carbonyl (C=O) groups is 1. The maximum atomic E-state index is 12.0. The van der Waals surface area contributed by atoms with Gasteiger partial charge in [-0.15, -0.1) is 0 Å². The van der Waals surface area contributed by atoms with Gasteiger partial charge in [-0.05, 0) is 19.8 Å². The lowest BCUT2D eigenvalue weighted by atomic mass is 10.2. The van der Waals surface area contributed by atoms with Crippen molar-refractivity contribution in [3.8, 4) is 0 Å². The molecule has 1 amide bonds. The molecule has 1 fully saturated rings. The molecule has 1 saturated carbocycles. The molecule has 2 aromatic heterocycles. The Bertz CT molecular complexity index is 700. The minimum Gasteiger partial charge on any atom is -0.361 e. The molecule has 20 heavy (non-hydrogen) atoms. The van der Waals surface area contributed by atoms with E-state index in [1.165, 1.54) is 6.07 Å². The summed E-state index contributed by atoms with van der Waals surface area (Å²) in [6, 6.07) is 1.21. The lowest BCUT2D eigenvalue weighted by molar-refractivity contribution is 0.0945. The van der Waals surface area contributed by atoms with Crippen LogP contribution in [0.1, 0.15) is 46.4 Å². The summed E-state index contributed by atoms with van der Waals surface area (Å²) in [5.41, 5.74) is 0.642. The molecule has 1 aliphatic carbocycles. The Hall–Kier alpha value is -2.44. The highest BCUT2D eigenvalue weighted by Crippen LogP contribution is 2.37. The van der Waals surface area contributed by atoms with E-state index in [1.807, 2.05) is 0 Å². The molecule has 0 radical (unpaired) electrons. The van der Waals surface area contributed by atoms with Gasteiger partial charge in [-0.25, -0.2) is 4.98 Å². The van der Waals surface area contributed by atoms with Crippen LogP contribution in [0, 0.1) is 6.92 Å². The quantitative estimate of drug-likeness (QED) is 0.861. The third-order valence-corrected chi connectivity index (χ3v) is 3.25. The molecule has 1 aliphatic rings. The highest BCUT2D eigenvalue weighted by atomic mass is 16.5. The standard InChI is InChI=1S/C13H14N4O3/c1-7-9(6-15-20-7)5-14-13(19)10-4-11(18)17-12(16-10)8-2-3-8/h4,6,8H,2-3,5H2,1H3,(H,14,19)(H,16,17,18). The molecule has 2 aromatic rings. The van der Waals surface area contributed by atoms with E-state index in [0.29, 0.717) is 18.1 Å². The van der Waals surface area contributed by atoms with Gasteiger partial charge in [-0.3, -0.25) is 9.59 Å². The normalized spacial score (nSPS) is 14.2. The summed E-state index contributed by atoms with van der Waals surface area (Å²) in [6.07, 6.45) is 3.57. The Labute approximate surface area is 114 Å². The Morgan fingerprint density at radius 3 is 3.00 bits per heavy atom. The average molecular weight is 274 g/mol. The third-order valence-electron chi connectivity index (χ3n) is 3.25. The zero-order chi connectivity index (χ0) is 14.1. The summed E-state index contributed by atoms with van der Waals surface area (Å²) in [6.45, 7) is 2.06. The maximum absolute atomic E-state index is 12.0. The highest BCUT2D eigenvalue weighted by Gasteiger charge is 2.27. The fraction of sp³-hybridized carbons (Fsp3) is 0.385. The number of nitrogens with one attached hydrogen (secondary N) is 2. The zero-order valence-electron chi connectivity index (χ0n) is 11.0. The number of hydrogen-bond donors (Lipinski definition) is 2. The number of amides is 1. The molecule has 0 saturated heterocycles. The predicted octanol–water partition coefficient (Wildman–Crippen LogP) is 0.874. The highest BCUT2D eigenvalue weighted by molar-refractivity contribution is 5.92. The molecule has 0 bridgehead atoms. The summed E-state index contributed by atoms with van der Waals surface area (Å²) >= 11 is 0. The maximum Gasteiger partial charge on any atom is 0.270 e. The molecule has 0 aliphatic heterocycles.